The number of urea groups is 1. The first-order valence-corrected chi connectivity index (χ1v) is 9.52. The van der Waals surface area contributed by atoms with Crippen LogP contribution in [0.25, 0.3) is 6.08 Å². The third kappa shape index (κ3) is 7.33. The first-order valence-electron chi connectivity index (χ1n) is 9.52. The number of hydrogen-bond donors (Lipinski definition) is 2. The quantitative estimate of drug-likeness (QED) is 0.401. The monoisotopic (exact) mass is 421 g/mol. The molecule has 0 fully saturated rings. The van der Waals surface area contributed by atoms with Crippen LogP contribution in [0.5, 0.6) is 5.75 Å². The Kier molecular flexibility index (Phi) is 8.34. The molecule has 2 aromatic carbocycles. The van der Waals surface area contributed by atoms with Gasteiger partial charge in [0.2, 0.25) is 0 Å². The van der Waals surface area contributed by atoms with E-state index in [4.69, 9.17) is 9.47 Å². The molecule has 0 radical (unpaired) electrons. The molecule has 0 saturated carbocycles. The van der Waals surface area contributed by atoms with Gasteiger partial charge in [-0.3, -0.25) is 10.1 Å². The fourth-order valence-corrected chi connectivity index (χ4v) is 2.61. The first-order chi connectivity index (χ1) is 14.8. The van der Waals surface area contributed by atoms with Crippen LogP contribution in [0.15, 0.2) is 48.0 Å². The van der Waals surface area contributed by atoms with Gasteiger partial charge in [-0.05, 0) is 56.2 Å². The molecule has 0 aliphatic heterocycles. The van der Waals surface area contributed by atoms with E-state index in [2.05, 4.69) is 10.6 Å². The van der Waals surface area contributed by atoms with E-state index >= 15 is 0 Å². The molecule has 0 aliphatic carbocycles. The van der Waals surface area contributed by atoms with E-state index in [-0.39, 0.29) is 5.57 Å². The van der Waals surface area contributed by atoms with Crippen molar-refractivity contribution in [2.45, 2.75) is 20.8 Å². The number of nitrogens with zero attached hydrogens (tertiary/aromatic N) is 1. The molecule has 0 aromatic heterocycles. The predicted molar refractivity (Wildman–Crippen MR) is 115 cm³/mol. The van der Waals surface area contributed by atoms with Gasteiger partial charge in [0.15, 0.2) is 6.61 Å². The topological polar surface area (TPSA) is 118 Å². The molecule has 31 heavy (non-hydrogen) atoms. The summed E-state index contributed by atoms with van der Waals surface area (Å²) < 4.78 is 10.2. The van der Waals surface area contributed by atoms with Crippen LogP contribution < -0.4 is 15.4 Å². The summed E-state index contributed by atoms with van der Waals surface area (Å²) in [6.45, 7) is 5.43. The Morgan fingerprint density at radius 1 is 1.10 bits per heavy atom. The molecule has 3 amide bonds. The largest absolute Gasteiger partial charge is 0.494 e. The number of benzene rings is 2. The molecular formula is C23H23N3O5. The van der Waals surface area contributed by atoms with Crippen LogP contribution in [0.4, 0.5) is 10.5 Å². The van der Waals surface area contributed by atoms with Gasteiger partial charge in [0.1, 0.15) is 17.4 Å². The fourth-order valence-electron chi connectivity index (χ4n) is 2.61. The molecule has 8 nitrogen and oxygen atoms in total. The number of carbonyl (C=O) groups excluding carboxylic acids is 3. The SMILES string of the molecule is CCOc1ccc(/C=C(\C#N)C(=O)OCC(=O)NC(=O)Nc2ccc(C)cc2C)cc1. The van der Waals surface area contributed by atoms with E-state index in [1.165, 1.54) is 6.08 Å². The van der Waals surface area contributed by atoms with Gasteiger partial charge in [-0.25, -0.2) is 9.59 Å². The van der Waals surface area contributed by atoms with E-state index in [9.17, 15) is 19.6 Å². The summed E-state index contributed by atoms with van der Waals surface area (Å²) in [5, 5.41) is 13.8. The number of aryl methyl sites for hydroxylation is 2. The molecule has 0 atom stereocenters. The molecule has 2 aromatic rings. The Morgan fingerprint density at radius 2 is 1.81 bits per heavy atom. The summed E-state index contributed by atoms with van der Waals surface area (Å²) in [6.07, 6.45) is 1.34. The number of imide groups is 1. The lowest BCUT2D eigenvalue weighted by Gasteiger charge is -2.10. The number of esters is 1. The summed E-state index contributed by atoms with van der Waals surface area (Å²) in [7, 11) is 0. The molecule has 0 unspecified atom stereocenters. The summed E-state index contributed by atoms with van der Waals surface area (Å²) in [5.74, 6) is -1.13. The number of amides is 3. The van der Waals surface area contributed by atoms with Crippen LogP contribution in [-0.4, -0.2) is 31.1 Å². The van der Waals surface area contributed by atoms with Crippen molar-refractivity contribution in [2.75, 3.05) is 18.5 Å². The van der Waals surface area contributed by atoms with Crippen LogP contribution in [0.1, 0.15) is 23.6 Å². The second kappa shape index (κ2) is 11.2. The van der Waals surface area contributed by atoms with Crippen molar-refractivity contribution in [3.8, 4) is 11.8 Å². The summed E-state index contributed by atoms with van der Waals surface area (Å²) in [4.78, 5) is 35.9. The number of nitriles is 1. The van der Waals surface area contributed by atoms with E-state index in [0.29, 0.717) is 23.6 Å². The van der Waals surface area contributed by atoms with Gasteiger partial charge in [0.05, 0.1) is 6.61 Å². The molecular weight excluding hydrogens is 398 g/mol. The minimum absolute atomic E-state index is 0.281. The fraction of sp³-hybridized carbons (Fsp3) is 0.217. The summed E-state index contributed by atoms with van der Waals surface area (Å²) in [5.41, 5.74) is 2.74. The van der Waals surface area contributed by atoms with Gasteiger partial charge >= 0.3 is 12.0 Å². The first kappa shape index (κ1) is 23.2. The van der Waals surface area contributed by atoms with Crippen LogP contribution in [0, 0.1) is 25.2 Å². The zero-order valence-electron chi connectivity index (χ0n) is 17.5. The van der Waals surface area contributed by atoms with Crippen LogP contribution in [0.2, 0.25) is 0 Å². The zero-order valence-corrected chi connectivity index (χ0v) is 17.5. The van der Waals surface area contributed by atoms with Crippen molar-refractivity contribution in [3.63, 3.8) is 0 Å². The van der Waals surface area contributed by atoms with Crippen molar-refractivity contribution in [3.05, 3.63) is 64.7 Å². The minimum atomic E-state index is -0.971. The van der Waals surface area contributed by atoms with Crippen molar-refractivity contribution in [1.29, 1.82) is 5.26 Å². The average molecular weight is 421 g/mol. The van der Waals surface area contributed by atoms with Crippen LogP contribution >= 0.6 is 0 Å². The average Bonchev–Trinajstić information content (AvgIpc) is 2.73. The third-order valence-electron chi connectivity index (χ3n) is 4.06. The van der Waals surface area contributed by atoms with Crippen molar-refractivity contribution in [2.24, 2.45) is 0 Å². The number of nitrogens with one attached hydrogen (secondary N) is 2. The molecule has 0 bridgehead atoms. The maximum absolute atomic E-state index is 12.1. The van der Waals surface area contributed by atoms with Crippen molar-refractivity contribution in [1.82, 2.24) is 5.32 Å². The highest BCUT2D eigenvalue weighted by molar-refractivity contribution is 6.03. The standard InChI is InChI=1S/C23H23N3O5/c1-4-30-19-8-6-17(7-9-19)12-18(13-24)22(28)31-14-21(27)26-23(29)25-20-10-5-15(2)11-16(20)3/h5-12H,4,14H2,1-3H3,(H2,25,26,27,29)/b18-12+. The van der Waals surface area contributed by atoms with Gasteiger partial charge in [0.25, 0.3) is 5.91 Å². The van der Waals surface area contributed by atoms with Gasteiger partial charge in [0, 0.05) is 5.69 Å². The number of hydrogen-bond acceptors (Lipinski definition) is 6. The van der Waals surface area contributed by atoms with E-state index in [0.717, 1.165) is 11.1 Å². The number of rotatable bonds is 7. The lowest BCUT2D eigenvalue weighted by Crippen LogP contribution is -2.37. The Bertz CT molecular complexity index is 1040. The predicted octanol–water partition coefficient (Wildman–Crippen LogP) is 3.50. The smallest absolute Gasteiger partial charge is 0.349 e. The molecule has 0 heterocycles. The van der Waals surface area contributed by atoms with Gasteiger partial charge < -0.3 is 14.8 Å². The Balaban J connectivity index is 1.88. The molecule has 2 N–H and O–H groups in total. The van der Waals surface area contributed by atoms with Gasteiger partial charge in [-0.1, -0.05) is 29.8 Å². The van der Waals surface area contributed by atoms with E-state index in [1.54, 1.807) is 36.4 Å². The van der Waals surface area contributed by atoms with Crippen molar-refractivity contribution < 1.29 is 23.9 Å². The second-order valence-corrected chi connectivity index (χ2v) is 6.57. The lowest BCUT2D eigenvalue weighted by atomic mass is 10.1. The molecule has 8 heteroatoms. The lowest BCUT2D eigenvalue weighted by molar-refractivity contribution is -0.144. The van der Waals surface area contributed by atoms with Gasteiger partial charge in [-0.15, -0.1) is 0 Å². The zero-order chi connectivity index (χ0) is 22.8. The Labute approximate surface area is 180 Å². The summed E-state index contributed by atoms with van der Waals surface area (Å²) in [6, 6.07) is 13.2. The third-order valence-corrected chi connectivity index (χ3v) is 4.06. The molecule has 2 rings (SSSR count). The van der Waals surface area contributed by atoms with Crippen molar-refractivity contribution >= 4 is 29.7 Å². The molecule has 0 saturated heterocycles. The molecule has 0 spiro atoms. The molecule has 0 aliphatic rings. The minimum Gasteiger partial charge on any atom is -0.494 e. The Morgan fingerprint density at radius 3 is 2.42 bits per heavy atom. The molecule has 160 valence electrons. The highest BCUT2D eigenvalue weighted by Gasteiger charge is 2.15. The number of ether oxygens (including phenoxy) is 2. The normalized spacial score (nSPS) is 10.6. The van der Waals surface area contributed by atoms with Crippen LogP contribution in [0.3, 0.4) is 0 Å². The van der Waals surface area contributed by atoms with Crippen LogP contribution in [-0.2, 0) is 14.3 Å². The Hall–Kier alpha value is -4.12. The number of anilines is 1. The second-order valence-electron chi connectivity index (χ2n) is 6.57. The highest BCUT2D eigenvalue weighted by atomic mass is 16.5. The maximum atomic E-state index is 12.1. The van der Waals surface area contributed by atoms with Gasteiger partial charge in [-0.2, -0.15) is 5.26 Å². The number of carbonyl (C=O) groups is 3. The highest BCUT2D eigenvalue weighted by Crippen LogP contribution is 2.16. The van der Waals surface area contributed by atoms with E-state index in [1.807, 2.05) is 32.9 Å². The van der Waals surface area contributed by atoms with E-state index < -0.39 is 24.5 Å². The summed E-state index contributed by atoms with van der Waals surface area (Å²) >= 11 is 0. The maximum Gasteiger partial charge on any atom is 0.349 e.